The molecular formula is C12H5BrClF4NO. The molecule has 0 amide bonds. The molecule has 0 fully saturated rings. The van der Waals surface area contributed by atoms with Gasteiger partial charge in [-0.15, -0.1) is 0 Å². The molecule has 0 radical (unpaired) electrons. The third kappa shape index (κ3) is 3.61. The Kier molecular flexibility index (Phi) is 4.19. The second-order valence-electron chi connectivity index (χ2n) is 3.72. The molecule has 20 heavy (non-hydrogen) atoms. The molecule has 0 aliphatic rings. The highest BCUT2D eigenvalue weighted by atomic mass is 79.9. The van der Waals surface area contributed by atoms with Crippen LogP contribution in [-0.2, 0) is 6.18 Å². The van der Waals surface area contributed by atoms with Gasteiger partial charge in [0.05, 0.1) is 5.56 Å². The van der Waals surface area contributed by atoms with Crippen molar-refractivity contribution in [2.75, 3.05) is 0 Å². The quantitative estimate of drug-likeness (QED) is 0.656. The van der Waals surface area contributed by atoms with Crippen molar-refractivity contribution in [3.05, 3.63) is 51.3 Å². The van der Waals surface area contributed by atoms with E-state index >= 15 is 0 Å². The summed E-state index contributed by atoms with van der Waals surface area (Å²) in [6.07, 6.45) is -3.95. The van der Waals surface area contributed by atoms with Gasteiger partial charge < -0.3 is 4.74 Å². The first-order valence-electron chi connectivity index (χ1n) is 5.12. The summed E-state index contributed by atoms with van der Waals surface area (Å²) in [5.74, 6) is -0.749. The van der Waals surface area contributed by atoms with Crippen LogP contribution in [0.4, 0.5) is 17.6 Å². The SMILES string of the molecule is Fc1cc(Br)cc(Oc2ncc(C(F)(F)F)cc2Cl)c1. The van der Waals surface area contributed by atoms with E-state index in [9.17, 15) is 17.6 Å². The Balaban J connectivity index is 2.30. The molecule has 1 heterocycles. The van der Waals surface area contributed by atoms with Gasteiger partial charge in [0.25, 0.3) is 0 Å². The largest absolute Gasteiger partial charge is 0.437 e. The molecule has 0 N–H and O–H groups in total. The summed E-state index contributed by atoms with van der Waals surface area (Å²) < 4.78 is 56.0. The summed E-state index contributed by atoms with van der Waals surface area (Å²) in [5.41, 5.74) is -0.990. The molecule has 1 aromatic heterocycles. The van der Waals surface area contributed by atoms with Crippen LogP contribution in [0.1, 0.15) is 5.56 Å². The zero-order valence-electron chi connectivity index (χ0n) is 9.51. The maximum Gasteiger partial charge on any atom is 0.417 e. The third-order valence-electron chi connectivity index (χ3n) is 2.19. The molecule has 8 heteroatoms. The molecular weight excluding hydrogens is 365 g/mol. The van der Waals surface area contributed by atoms with Gasteiger partial charge in [-0.05, 0) is 18.2 Å². The number of rotatable bonds is 2. The third-order valence-corrected chi connectivity index (χ3v) is 2.91. The van der Waals surface area contributed by atoms with Crippen LogP contribution in [0.15, 0.2) is 34.9 Å². The van der Waals surface area contributed by atoms with E-state index < -0.39 is 17.6 Å². The van der Waals surface area contributed by atoms with Crippen molar-refractivity contribution in [1.29, 1.82) is 0 Å². The summed E-state index contributed by atoms with van der Waals surface area (Å²) in [6, 6.07) is 4.38. The minimum Gasteiger partial charge on any atom is -0.437 e. The zero-order valence-corrected chi connectivity index (χ0v) is 11.9. The van der Waals surface area contributed by atoms with Gasteiger partial charge in [0.1, 0.15) is 16.6 Å². The molecule has 2 rings (SSSR count). The minimum atomic E-state index is -4.54. The topological polar surface area (TPSA) is 22.1 Å². The Morgan fingerprint density at radius 2 is 1.85 bits per heavy atom. The first kappa shape index (κ1) is 15.1. The highest BCUT2D eigenvalue weighted by molar-refractivity contribution is 9.10. The molecule has 0 atom stereocenters. The Labute approximate surface area is 124 Å². The molecule has 2 nitrogen and oxygen atoms in total. The molecule has 1 aromatic carbocycles. The lowest BCUT2D eigenvalue weighted by molar-refractivity contribution is -0.137. The Bertz CT molecular complexity index is 628. The van der Waals surface area contributed by atoms with Gasteiger partial charge in [0.15, 0.2) is 0 Å². The molecule has 0 aliphatic heterocycles. The van der Waals surface area contributed by atoms with Crippen molar-refractivity contribution < 1.29 is 22.3 Å². The van der Waals surface area contributed by atoms with E-state index in [1.165, 1.54) is 12.1 Å². The fraction of sp³-hybridized carbons (Fsp3) is 0.0833. The maximum absolute atomic E-state index is 13.1. The molecule has 0 unspecified atom stereocenters. The van der Waals surface area contributed by atoms with Crippen LogP contribution < -0.4 is 4.74 Å². The van der Waals surface area contributed by atoms with Crippen molar-refractivity contribution in [3.63, 3.8) is 0 Å². The Hall–Kier alpha value is -1.34. The minimum absolute atomic E-state index is 0.0611. The number of pyridine rings is 1. The second-order valence-corrected chi connectivity index (χ2v) is 5.04. The van der Waals surface area contributed by atoms with Crippen LogP contribution in [-0.4, -0.2) is 4.98 Å². The Morgan fingerprint density at radius 1 is 1.15 bits per heavy atom. The molecule has 0 saturated heterocycles. The number of halogens is 6. The van der Waals surface area contributed by atoms with Gasteiger partial charge in [-0.3, -0.25) is 0 Å². The number of aromatic nitrogens is 1. The van der Waals surface area contributed by atoms with Crippen LogP contribution in [0.25, 0.3) is 0 Å². The van der Waals surface area contributed by atoms with Crippen LogP contribution >= 0.6 is 27.5 Å². The highest BCUT2D eigenvalue weighted by Crippen LogP contribution is 2.35. The summed E-state index contributed by atoms with van der Waals surface area (Å²) in [6.45, 7) is 0. The smallest absolute Gasteiger partial charge is 0.417 e. The monoisotopic (exact) mass is 369 g/mol. The predicted octanol–water partition coefficient (Wildman–Crippen LogP) is 5.45. The first-order valence-corrected chi connectivity index (χ1v) is 6.29. The zero-order chi connectivity index (χ0) is 14.9. The average molecular weight is 371 g/mol. The fourth-order valence-electron chi connectivity index (χ4n) is 1.35. The number of hydrogen-bond acceptors (Lipinski definition) is 2. The van der Waals surface area contributed by atoms with E-state index in [4.69, 9.17) is 16.3 Å². The molecule has 0 saturated carbocycles. The van der Waals surface area contributed by atoms with Crippen molar-refractivity contribution in [2.45, 2.75) is 6.18 Å². The summed E-state index contributed by atoms with van der Waals surface area (Å²) in [4.78, 5) is 3.49. The van der Waals surface area contributed by atoms with Crippen molar-refractivity contribution in [1.82, 2.24) is 4.98 Å². The molecule has 0 bridgehead atoms. The standard InChI is InChI=1S/C12H5BrClF4NO/c13-7-2-8(15)4-9(3-7)20-11-10(14)1-6(5-19-11)12(16,17)18/h1-5H. The van der Waals surface area contributed by atoms with E-state index in [2.05, 4.69) is 20.9 Å². The fourth-order valence-corrected chi connectivity index (χ4v) is 2.00. The maximum atomic E-state index is 13.1. The van der Waals surface area contributed by atoms with Crippen LogP contribution in [0.3, 0.4) is 0 Å². The van der Waals surface area contributed by atoms with Crippen LogP contribution in [0.2, 0.25) is 5.02 Å². The average Bonchev–Trinajstić information content (AvgIpc) is 2.29. The molecule has 0 aliphatic carbocycles. The lowest BCUT2D eigenvalue weighted by atomic mass is 10.3. The van der Waals surface area contributed by atoms with Gasteiger partial charge in [-0.2, -0.15) is 13.2 Å². The van der Waals surface area contributed by atoms with Crippen molar-refractivity contribution >= 4 is 27.5 Å². The lowest BCUT2D eigenvalue weighted by Gasteiger charge is -2.10. The van der Waals surface area contributed by atoms with E-state index in [0.29, 0.717) is 16.7 Å². The lowest BCUT2D eigenvalue weighted by Crippen LogP contribution is -2.05. The number of nitrogens with zero attached hydrogens (tertiary/aromatic N) is 1. The van der Waals surface area contributed by atoms with E-state index in [1.807, 2.05) is 0 Å². The van der Waals surface area contributed by atoms with Crippen molar-refractivity contribution in [3.8, 4) is 11.6 Å². The van der Waals surface area contributed by atoms with Gasteiger partial charge in [-0.1, -0.05) is 27.5 Å². The highest BCUT2D eigenvalue weighted by Gasteiger charge is 2.31. The van der Waals surface area contributed by atoms with E-state index in [0.717, 1.165) is 6.07 Å². The van der Waals surface area contributed by atoms with Gasteiger partial charge in [0.2, 0.25) is 5.88 Å². The molecule has 0 spiro atoms. The first-order chi connectivity index (χ1) is 9.25. The van der Waals surface area contributed by atoms with Crippen LogP contribution in [0, 0.1) is 5.82 Å². The summed E-state index contributed by atoms with van der Waals surface area (Å²) >= 11 is 8.73. The molecule has 2 aromatic rings. The Morgan fingerprint density at radius 3 is 2.40 bits per heavy atom. The van der Waals surface area contributed by atoms with Gasteiger partial charge >= 0.3 is 6.18 Å². The van der Waals surface area contributed by atoms with Gasteiger partial charge in [0, 0.05) is 16.7 Å². The van der Waals surface area contributed by atoms with E-state index in [1.54, 1.807) is 0 Å². The molecule has 106 valence electrons. The van der Waals surface area contributed by atoms with Crippen molar-refractivity contribution in [2.24, 2.45) is 0 Å². The summed E-state index contributed by atoms with van der Waals surface area (Å²) in [5, 5.41) is -0.319. The van der Waals surface area contributed by atoms with E-state index in [-0.39, 0.29) is 16.7 Å². The van der Waals surface area contributed by atoms with Gasteiger partial charge in [-0.25, -0.2) is 9.37 Å². The summed E-state index contributed by atoms with van der Waals surface area (Å²) in [7, 11) is 0. The normalized spacial score (nSPS) is 11.5. The number of alkyl halides is 3. The number of benzene rings is 1. The number of ether oxygens (including phenoxy) is 1. The second kappa shape index (κ2) is 5.57. The number of hydrogen-bond donors (Lipinski definition) is 0. The predicted molar refractivity (Wildman–Crippen MR) is 68.4 cm³/mol. The van der Waals surface area contributed by atoms with Crippen LogP contribution in [0.5, 0.6) is 11.6 Å².